The van der Waals surface area contributed by atoms with E-state index in [4.69, 9.17) is 23.8 Å². The minimum Gasteiger partial charge on any atom is -0.331 e. The maximum Gasteiger partial charge on any atom is 0.269 e. The number of carbonyl (C=O) groups excluding carboxylic acids is 1. The number of amides is 1. The first-order chi connectivity index (χ1) is 11.6. The Balaban J connectivity index is 1.82. The molecule has 0 saturated heterocycles. The minimum atomic E-state index is -0.243. The molecular weight excluding hydrogens is 342 g/mol. The predicted octanol–water partition coefficient (Wildman–Crippen LogP) is 4.31. The second-order valence-corrected chi connectivity index (χ2v) is 6.19. The van der Waals surface area contributed by atoms with Gasteiger partial charge in [-0.15, -0.1) is 0 Å². The smallest absolute Gasteiger partial charge is 0.269 e. The van der Waals surface area contributed by atoms with E-state index >= 15 is 0 Å². The van der Waals surface area contributed by atoms with Gasteiger partial charge in [0.15, 0.2) is 5.11 Å². The zero-order valence-electron chi connectivity index (χ0n) is 13.4. The van der Waals surface area contributed by atoms with Gasteiger partial charge >= 0.3 is 0 Å². The quantitative estimate of drug-likeness (QED) is 0.548. The first kappa shape index (κ1) is 18.2. The lowest BCUT2D eigenvalue weighted by atomic mass is 10.1. The molecule has 24 heavy (non-hydrogen) atoms. The zero-order valence-corrected chi connectivity index (χ0v) is 15.0. The molecule has 0 fully saturated rings. The zero-order chi connectivity index (χ0) is 17.4. The van der Waals surface area contributed by atoms with Crippen molar-refractivity contribution in [1.29, 1.82) is 0 Å². The molecule has 0 aliphatic carbocycles. The topological polar surface area (TPSA) is 53.2 Å². The lowest BCUT2D eigenvalue weighted by Gasteiger charge is -2.12. The number of hydrogen-bond acceptors (Lipinski definition) is 2. The molecule has 0 aliphatic heterocycles. The molecule has 0 aliphatic rings. The van der Waals surface area contributed by atoms with Gasteiger partial charge in [-0.05, 0) is 61.0 Å². The molecule has 2 aromatic rings. The molecular formula is C18H20ClN3OS. The number of aryl methyl sites for hydroxylation is 1. The van der Waals surface area contributed by atoms with E-state index in [0.29, 0.717) is 10.6 Å². The Morgan fingerprint density at radius 1 is 1.12 bits per heavy atom. The Kier molecular flexibility index (Phi) is 7.03. The Bertz CT molecular complexity index is 704. The van der Waals surface area contributed by atoms with Crippen molar-refractivity contribution in [3.8, 4) is 0 Å². The van der Waals surface area contributed by atoms with Crippen molar-refractivity contribution in [2.75, 3.05) is 5.32 Å². The van der Waals surface area contributed by atoms with Gasteiger partial charge in [-0.25, -0.2) is 0 Å². The monoisotopic (exact) mass is 361 g/mol. The highest BCUT2D eigenvalue weighted by Crippen LogP contribution is 2.14. The lowest BCUT2D eigenvalue weighted by Crippen LogP contribution is -2.43. The van der Waals surface area contributed by atoms with Gasteiger partial charge in [0.25, 0.3) is 5.91 Å². The van der Waals surface area contributed by atoms with Gasteiger partial charge in [0.05, 0.1) is 0 Å². The van der Waals surface area contributed by atoms with E-state index in [9.17, 15) is 4.79 Å². The van der Waals surface area contributed by atoms with Crippen molar-refractivity contribution in [2.45, 2.75) is 26.2 Å². The lowest BCUT2D eigenvalue weighted by molar-refractivity contribution is 0.0944. The number of benzene rings is 2. The van der Waals surface area contributed by atoms with E-state index in [1.165, 1.54) is 5.56 Å². The first-order valence-corrected chi connectivity index (χ1v) is 8.59. The molecule has 2 aromatic carbocycles. The third-order valence-electron chi connectivity index (χ3n) is 3.41. The molecule has 2 rings (SSSR count). The van der Waals surface area contributed by atoms with Crippen molar-refractivity contribution in [2.24, 2.45) is 0 Å². The third-order valence-corrected chi connectivity index (χ3v) is 3.85. The van der Waals surface area contributed by atoms with Gasteiger partial charge in [-0.3, -0.25) is 15.6 Å². The highest BCUT2D eigenvalue weighted by molar-refractivity contribution is 7.80. The van der Waals surface area contributed by atoms with Crippen LogP contribution in [0.1, 0.15) is 35.7 Å². The summed E-state index contributed by atoms with van der Waals surface area (Å²) >= 11 is 11.0. The number of nitrogens with one attached hydrogen (secondary N) is 3. The van der Waals surface area contributed by atoms with Crippen LogP contribution in [0.5, 0.6) is 0 Å². The Morgan fingerprint density at radius 3 is 2.54 bits per heavy atom. The summed E-state index contributed by atoms with van der Waals surface area (Å²) in [5.74, 6) is -0.243. The summed E-state index contributed by atoms with van der Waals surface area (Å²) in [6.45, 7) is 2.16. The number of hydrogen-bond donors (Lipinski definition) is 3. The summed E-state index contributed by atoms with van der Waals surface area (Å²) in [6.07, 6.45) is 3.34. The predicted molar refractivity (Wildman–Crippen MR) is 103 cm³/mol. The average Bonchev–Trinajstić information content (AvgIpc) is 2.58. The largest absolute Gasteiger partial charge is 0.331 e. The molecule has 3 N–H and O–H groups in total. The van der Waals surface area contributed by atoms with Crippen LogP contribution in [0.2, 0.25) is 5.02 Å². The average molecular weight is 362 g/mol. The third kappa shape index (κ3) is 5.83. The number of carbonyl (C=O) groups is 1. The van der Waals surface area contributed by atoms with Gasteiger partial charge < -0.3 is 5.32 Å². The molecule has 0 radical (unpaired) electrons. The van der Waals surface area contributed by atoms with E-state index in [0.717, 1.165) is 24.9 Å². The molecule has 0 saturated carbocycles. The highest BCUT2D eigenvalue weighted by Gasteiger charge is 2.06. The summed E-state index contributed by atoms with van der Waals surface area (Å²) in [5, 5.41) is 3.83. The van der Waals surface area contributed by atoms with Gasteiger partial charge in [0, 0.05) is 16.3 Å². The van der Waals surface area contributed by atoms with Gasteiger partial charge in [-0.1, -0.05) is 43.1 Å². The molecule has 0 spiro atoms. The fourth-order valence-electron chi connectivity index (χ4n) is 2.12. The molecule has 0 heterocycles. The van der Waals surface area contributed by atoms with Crippen LogP contribution >= 0.6 is 23.8 Å². The Morgan fingerprint density at radius 2 is 1.88 bits per heavy atom. The van der Waals surface area contributed by atoms with Gasteiger partial charge in [0.2, 0.25) is 0 Å². The van der Waals surface area contributed by atoms with Crippen LogP contribution in [0.25, 0.3) is 0 Å². The number of thiocarbonyl (C=S) groups is 1. The number of hydrazine groups is 1. The van der Waals surface area contributed by atoms with Crippen molar-refractivity contribution in [1.82, 2.24) is 10.9 Å². The molecule has 6 heteroatoms. The number of rotatable bonds is 5. The second kappa shape index (κ2) is 9.25. The first-order valence-electron chi connectivity index (χ1n) is 7.80. The van der Waals surface area contributed by atoms with Crippen molar-refractivity contribution >= 4 is 40.5 Å². The number of halogens is 1. The van der Waals surface area contributed by atoms with Crippen LogP contribution in [0.4, 0.5) is 5.69 Å². The Hall–Kier alpha value is -2.11. The Labute approximate surface area is 152 Å². The van der Waals surface area contributed by atoms with E-state index in [2.05, 4.69) is 23.1 Å². The van der Waals surface area contributed by atoms with Crippen LogP contribution < -0.4 is 16.2 Å². The minimum absolute atomic E-state index is 0.243. The van der Waals surface area contributed by atoms with Gasteiger partial charge in [-0.2, -0.15) is 0 Å². The summed E-state index contributed by atoms with van der Waals surface area (Å²) in [4.78, 5) is 12.1. The SMILES string of the molecule is CCCCc1ccc(C(=O)NNC(=S)Nc2cccc(Cl)c2)cc1. The van der Waals surface area contributed by atoms with E-state index in [1.54, 1.807) is 12.1 Å². The van der Waals surface area contributed by atoms with Crippen LogP contribution in [-0.2, 0) is 6.42 Å². The fourth-order valence-corrected chi connectivity index (χ4v) is 2.48. The molecule has 1 amide bonds. The van der Waals surface area contributed by atoms with Crippen LogP contribution in [0, 0.1) is 0 Å². The molecule has 0 atom stereocenters. The number of anilines is 1. The summed E-state index contributed by atoms with van der Waals surface area (Å²) < 4.78 is 0. The fraction of sp³-hybridized carbons (Fsp3) is 0.222. The summed E-state index contributed by atoms with van der Waals surface area (Å²) in [5.41, 5.74) is 7.80. The van der Waals surface area contributed by atoms with E-state index < -0.39 is 0 Å². The summed E-state index contributed by atoms with van der Waals surface area (Å²) in [6, 6.07) is 14.7. The maximum atomic E-state index is 12.1. The summed E-state index contributed by atoms with van der Waals surface area (Å²) in [7, 11) is 0. The molecule has 4 nitrogen and oxygen atoms in total. The number of unbranched alkanes of at least 4 members (excludes halogenated alkanes) is 1. The van der Waals surface area contributed by atoms with Crippen molar-refractivity contribution in [3.05, 3.63) is 64.7 Å². The van der Waals surface area contributed by atoms with Gasteiger partial charge in [0.1, 0.15) is 0 Å². The van der Waals surface area contributed by atoms with Crippen LogP contribution in [0.3, 0.4) is 0 Å². The van der Waals surface area contributed by atoms with Crippen LogP contribution in [0.15, 0.2) is 48.5 Å². The van der Waals surface area contributed by atoms with E-state index in [-0.39, 0.29) is 11.0 Å². The van der Waals surface area contributed by atoms with Crippen molar-refractivity contribution in [3.63, 3.8) is 0 Å². The second-order valence-electron chi connectivity index (χ2n) is 5.34. The standard InChI is InChI=1S/C18H20ClN3OS/c1-2-3-5-13-8-10-14(11-9-13)17(23)21-22-18(24)20-16-7-4-6-15(19)12-16/h4,6-12H,2-3,5H2,1H3,(H,21,23)(H2,20,22,24). The molecule has 0 bridgehead atoms. The van der Waals surface area contributed by atoms with Crippen molar-refractivity contribution < 1.29 is 4.79 Å². The molecule has 0 aromatic heterocycles. The molecule has 0 unspecified atom stereocenters. The highest BCUT2D eigenvalue weighted by atomic mass is 35.5. The van der Waals surface area contributed by atoms with Crippen LogP contribution in [-0.4, -0.2) is 11.0 Å². The van der Waals surface area contributed by atoms with E-state index in [1.807, 2.05) is 36.4 Å². The normalized spacial score (nSPS) is 10.1. The maximum absolute atomic E-state index is 12.1. The molecule has 126 valence electrons.